The fourth-order valence-corrected chi connectivity index (χ4v) is 3.30. The minimum atomic E-state index is 0.671. The lowest BCUT2D eigenvalue weighted by atomic mass is 10.0. The van der Waals surface area contributed by atoms with E-state index >= 15 is 0 Å². The number of hydrogen-bond donors (Lipinski definition) is 2. The number of nitrogens with zero attached hydrogens (tertiary/aromatic N) is 2. The Labute approximate surface area is 148 Å². The molecule has 2 heterocycles. The van der Waals surface area contributed by atoms with Gasteiger partial charge in [-0.15, -0.1) is 0 Å². The fraction of sp³-hybridized carbons (Fsp3) is 0. The Morgan fingerprint density at radius 1 is 0.885 bits per heavy atom. The van der Waals surface area contributed by atoms with Crippen molar-refractivity contribution in [1.82, 2.24) is 20.2 Å². The van der Waals surface area contributed by atoms with Crippen molar-refractivity contribution in [2.75, 3.05) is 0 Å². The van der Waals surface area contributed by atoms with Crippen LogP contribution in [0.3, 0.4) is 0 Å². The fourth-order valence-electron chi connectivity index (χ4n) is 3.30. The van der Waals surface area contributed by atoms with Crippen molar-refractivity contribution < 1.29 is 4.79 Å². The van der Waals surface area contributed by atoms with Crippen LogP contribution in [0, 0.1) is 0 Å². The van der Waals surface area contributed by atoms with Crippen LogP contribution < -0.4 is 0 Å². The normalized spacial score (nSPS) is 11.2. The van der Waals surface area contributed by atoms with Crippen LogP contribution in [-0.2, 0) is 0 Å². The number of aromatic amines is 2. The largest absolute Gasteiger partial charge is 0.337 e. The summed E-state index contributed by atoms with van der Waals surface area (Å²) in [6, 6.07) is 21.5. The topological polar surface area (TPSA) is 74.4 Å². The third kappa shape index (κ3) is 2.22. The van der Waals surface area contributed by atoms with Crippen molar-refractivity contribution in [3.05, 3.63) is 72.3 Å². The predicted molar refractivity (Wildman–Crippen MR) is 102 cm³/mol. The van der Waals surface area contributed by atoms with E-state index < -0.39 is 0 Å². The monoisotopic (exact) mass is 338 g/mol. The maximum atomic E-state index is 11.3. The second-order valence-electron chi connectivity index (χ2n) is 6.14. The molecular weight excluding hydrogens is 324 g/mol. The first-order chi connectivity index (χ1) is 12.8. The molecule has 0 atom stereocenters. The van der Waals surface area contributed by atoms with Gasteiger partial charge < -0.3 is 4.98 Å². The number of hydrogen-bond acceptors (Lipinski definition) is 3. The summed E-state index contributed by atoms with van der Waals surface area (Å²) < 4.78 is 0. The van der Waals surface area contributed by atoms with Gasteiger partial charge in [0.2, 0.25) is 0 Å². The van der Waals surface area contributed by atoms with Gasteiger partial charge in [0.1, 0.15) is 5.69 Å². The van der Waals surface area contributed by atoms with Gasteiger partial charge in [-0.2, -0.15) is 5.10 Å². The maximum absolute atomic E-state index is 11.3. The van der Waals surface area contributed by atoms with E-state index in [1.165, 1.54) is 0 Å². The molecule has 0 aliphatic heterocycles. The molecule has 0 fully saturated rings. The third-order valence-corrected chi connectivity index (χ3v) is 4.58. The molecule has 0 amide bonds. The summed E-state index contributed by atoms with van der Waals surface area (Å²) >= 11 is 0. The summed E-state index contributed by atoms with van der Waals surface area (Å²) in [6.07, 6.45) is 0.883. The van der Waals surface area contributed by atoms with Crippen molar-refractivity contribution in [3.63, 3.8) is 0 Å². The average Bonchev–Trinajstić information content (AvgIpc) is 3.31. The van der Waals surface area contributed by atoms with Crippen molar-refractivity contribution in [2.45, 2.75) is 0 Å². The average molecular weight is 338 g/mol. The molecule has 5 aromatic rings. The van der Waals surface area contributed by atoms with Gasteiger partial charge in [0, 0.05) is 10.9 Å². The highest BCUT2D eigenvalue weighted by Crippen LogP contribution is 2.29. The van der Waals surface area contributed by atoms with Gasteiger partial charge in [-0.05, 0) is 29.3 Å². The minimum Gasteiger partial charge on any atom is -0.337 e. The lowest BCUT2D eigenvalue weighted by molar-refractivity contribution is 0.112. The molecular formula is C21H14N4O. The molecule has 0 aliphatic rings. The zero-order valence-corrected chi connectivity index (χ0v) is 13.7. The first-order valence-electron chi connectivity index (χ1n) is 8.31. The smallest absolute Gasteiger partial charge is 0.159 e. The Hall–Kier alpha value is -3.73. The lowest BCUT2D eigenvalue weighted by Crippen LogP contribution is -1.86. The van der Waals surface area contributed by atoms with E-state index in [0.717, 1.165) is 50.9 Å². The standard InChI is InChI=1S/C21H14N4O/c26-12-14-5-1-2-6-15(14)13-9-10-18-19(11-13)23-21(22-18)20-16-7-3-4-8-17(16)24-25-20/h1-12H,(H,22,23)(H,24,25). The second kappa shape index (κ2) is 5.67. The summed E-state index contributed by atoms with van der Waals surface area (Å²) in [4.78, 5) is 19.3. The number of fused-ring (bicyclic) bond motifs is 2. The summed E-state index contributed by atoms with van der Waals surface area (Å²) in [5.74, 6) is 0.721. The predicted octanol–water partition coefficient (Wildman–Crippen LogP) is 4.59. The van der Waals surface area contributed by atoms with Crippen LogP contribution in [0.2, 0.25) is 0 Å². The number of aromatic nitrogens is 4. The van der Waals surface area contributed by atoms with E-state index in [9.17, 15) is 4.79 Å². The van der Waals surface area contributed by atoms with E-state index in [-0.39, 0.29) is 0 Å². The number of rotatable bonds is 3. The Bertz CT molecular complexity index is 1270. The summed E-state index contributed by atoms with van der Waals surface area (Å²) in [6.45, 7) is 0. The van der Waals surface area contributed by atoms with E-state index in [4.69, 9.17) is 0 Å². The Kier molecular flexibility index (Phi) is 3.18. The van der Waals surface area contributed by atoms with E-state index in [0.29, 0.717) is 5.56 Å². The van der Waals surface area contributed by atoms with Crippen molar-refractivity contribution >= 4 is 28.2 Å². The van der Waals surface area contributed by atoms with Gasteiger partial charge in [-0.3, -0.25) is 9.89 Å². The van der Waals surface area contributed by atoms with Crippen LogP contribution >= 0.6 is 0 Å². The molecule has 0 bridgehead atoms. The lowest BCUT2D eigenvalue weighted by Gasteiger charge is -2.04. The number of carbonyl (C=O) groups excluding carboxylic acids is 1. The molecule has 0 unspecified atom stereocenters. The highest BCUT2D eigenvalue weighted by atomic mass is 16.1. The van der Waals surface area contributed by atoms with E-state index in [1.807, 2.05) is 66.7 Å². The summed E-state index contributed by atoms with van der Waals surface area (Å²) in [5, 5.41) is 8.46. The molecule has 2 aromatic heterocycles. The third-order valence-electron chi connectivity index (χ3n) is 4.58. The number of nitrogens with one attached hydrogen (secondary N) is 2. The molecule has 0 spiro atoms. The Balaban J connectivity index is 1.66. The molecule has 0 radical (unpaired) electrons. The van der Waals surface area contributed by atoms with Crippen molar-refractivity contribution in [3.8, 4) is 22.6 Å². The quantitative estimate of drug-likeness (QED) is 0.473. The molecule has 0 saturated heterocycles. The van der Waals surface area contributed by atoms with Gasteiger partial charge in [0.15, 0.2) is 12.1 Å². The van der Waals surface area contributed by atoms with Crippen molar-refractivity contribution in [2.24, 2.45) is 0 Å². The van der Waals surface area contributed by atoms with Gasteiger partial charge >= 0.3 is 0 Å². The molecule has 124 valence electrons. The molecule has 5 heteroatoms. The highest BCUT2D eigenvalue weighted by molar-refractivity contribution is 5.94. The molecule has 2 N–H and O–H groups in total. The number of H-pyrrole nitrogens is 2. The van der Waals surface area contributed by atoms with Crippen LogP contribution in [0.1, 0.15) is 10.4 Å². The van der Waals surface area contributed by atoms with Crippen LogP contribution in [0.5, 0.6) is 0 Å². The van der Waals surface area contributed by atoms with E-state index in [1.54, 1.807) is 0 Å². The Morgan fingerprint density at radius 3 is 2.65 bits per heavy atom. The maximum Gasteiger partial charge on any atom is 0.159 e. The van der Waals surface area contributed by atoms with E-state index in [2.05, 4.69) is 20.2 Å². The van der Waals surface area contributed by atoms with Crippen LogP contribution in [0.4, 0.5) is 0 Å². The highest BCUT2D eigenvalue weighted by Gasteiger charge is 2.13. The minimum absolute atomic E-state index is 0.671. The van der Waals surface area contributed by atoms with Gasteiger partial charge in [-0.25, -0.2) is 4.98 Å². The molecule has 26 heavy (non-hydrogen) atoms. The zero-order chi connectivity index (χ0) is 17.5. The molecule has 5 nitrogen and oxygen atoms in total. The van der Waals surface area contributed by atoms with Crippen molar-refractivity contribution in [1.29, 1.82) is 0 Å². The SMILES string of the molecule is O=Cc1ccccc1-c1ccc2nc(-c3n[nH]c4ccccc34)[nH]c2c1. The van der Waals surface area contributed by atoms with Crippen LogP contribution in [-0.4, -0.2) is 26.5 Å². The number of carbonyl (C=O) groups is 1. The molecule has 3 aromatic carbocycles. The number of benzene rings is 3. The zero-order valence-electron chi connectivity index (χ0n) is 13.7. The number of para-hydroxylation sites is 1. The Morgan fingerprint density at radius 2 is 1.73 bits per heavy atom. The number of aldehydes is 1. The first-order valence-corrected chi connectivity index (χ1v) is 8.31. The van der Waals surface area contributed by atoms with Gasteiger partial charge in [0.05, 0.1) is 16.6 Å². The molecule has 5 rings (SSSR count). The number of imidazole rings is 1. The van der Waals surface area contributed by atoms with Gasteiger partial charge in [-0.1, -0.05) is 48.5 Å². The summed E-state index contributed by atoms with van der Waals surface area (Å²) in [7, 11) is 0. The first kappa shape index (κ1) is 14.6. The molecule has 0 aliphatic carbocycles. The second-order valence-corrected chi connectivity index (χ2v) is 6.14. The van der Waals surface area contributed by atoms with Gasteiger partial charge in [0.25, 0.3) is 0 Å². The van der Waals surface area contributed by atoms with Crippen LogP contribution in [0.15, 0.2) is 66.7 Å². The molecule has 0 saturated carbocycles. The van der Waals surface area contributed by atoms with Crippen LogP contribution in [0.25, 0.3) is 44.6 Å². The summed E-state index contributed by atoms with van der Waals surface area (Å²) in [5.41, 5.74) is 6.10.